The maximum absolute atomic E-state index is 11.8. The van der Waals surface area contributed by atoms with Gasteiger partial charge in [-0.25, -0.2) is 0 Å². The first-order valence-electron chi connectivity index (χ1n) is 7.40. The predicted molar refractivity (Wildman–Crippen MR) is 82.0 cm³/mol. The third kappa shape index (κ3) is 5.02. The quantitative estimate of drug-likeness (QED) is 0.657. The molecule has 2 N–H and O–H groups in total. The number of nitrogens with zero attached hydrogens (tertiary/aromatic N) is 1. The van der Waals surface area contributed by atoms with Gasteiger partial charge in [0.25, 0.3) is 0 Å². The zero-order valence-electron chi connectivity index (χ0n) is 12.7. The van der Waals surface area contributed by atoms with Gasteiger partial charge in [-0.1, -0.05) is 12.1 Å². The van der Waals surface area contributed by atoms with Gasteiger partial charge in [0, 0.05) is 24.8 Å². The molecule has 1 aromatic carbocycles. The second-order valence-electron chi connectivity index (χ2n) is 5.68. The van der Waals surface area contributed by atoms with Crippen molar-refractivity contribution in [2.45, 2.75) is 32.4 Å². The first-order valence-corrected chi connectivity index (χ1v) is 7.40. The number of nitrogen functional groups attached to an aromatic ring is 1. The number of ether oxygens (including phenoxy) is 2. The average molecular weight is 292 g/mol. The van der Waals surface area contributed by atoms with Crippen LogP contribution in [-0.2, 0) is 20.7 Å². The van der Waals surface area contributed by atoms with Crippen molar-refractivity contribution in [3.63, 3.8) is 0 Å². The number of morpholine rings is 1. The molecule has 2 rings (SSSR count). The lowest BCUT2D eigenvalue weighted by atomic mass is 10.1. The Labute approximate surface area is 126 Å². The molecule has 0 aliphatic carbocycles. The van der Waals surface area contributed by atoms with Crippen LogP contribution in [0.5, 0.6) is 0 Å². The number of benzene rings is 1. The fourth-order valence-electron chi connectivity index (χ4n) is 2.35. The van der Waals surface area contributed by atoms with Crippen molar-refractivity contribution < 1.29 is 14.3 Å². The first kappa shape index (κ1) is 15.8. The van der Waals surface area contributed by atoms with Crippen LogP contribution < -0.4 is 5.73 Å². The maximum Gasteiger partial charge on any atom is 0.310 e. The number of rotatable bonds is 5. The van der Waals surface area contributed by atoms with Crippen molar-refractivity contribution in [3.05, 3.63) is 29.8 Å². The van der Waals surface area contributed by atoms with E-state index in [0.717, 1.165) is 18.7 Å². The molecule has 1 aliphatic rings. The Hall–Kier alpha value is -1.59. The second kappa shape index (κ2) is 7.43. The van der Waals surface area contributed by atoms with E-state index in [-0.39, 0.29) is 18.5 Å². The highest BCUT2D eigenvalue weighted by Gasteiger charge is 2.23. The predicted octanol–water partition coefficient (Wildman–Crippen LogP) is 1.46. The molecule has 0 aromatic heterocycles. The summed E-state index contributed by atoms with van der Waals surface area (Å²) in [7, 11) is 0. The van der Waals surface area contributed by atoms with Crippen LogP contribution >= 0.6 is 0 Å². The summed E-state index contributed by atoms with van der Waals surface area (Å²) in [6, 6.07) is 7.74. The largest absolute Gasteiger partial charge is 0.463 e. The zero-order chi connectivity index (χ0) is 15.2. The van der Waals surface area contributed by atoms with Crippen LogP contribution in [0.3, 0.4) is 0 Å². The van der Waals surface area contributed by atoms with Gasteiger partial charge in [0.1, 0.15) is 12.7 Å². The Kier molecular flexibility index (Phi) is 5.59. The molecular weight excluding hydrogens is 268 g/mol. The summed E-state index contributed by atoms with van der Waals surface area (Å²) in [6.07, 6.45) is 0.234. The highest BCUT2D eigenvalue weighted by Crippen LogP contribution is 2.10. The Balaban J connectivity index is 1.74. The normalized spacial score (nSPS) is 19.7. The number of esters is 1. The molecule has 1 heterocycles. The van der Waals surface area contributed by atoms with Crippen molar-refractivity contribution in [1.82, 2.24) is 4.90 Å². The van der Waals surface area contributed by atoms with E-state index in [1.165, 1.54) is 0 Å². The summed E-state index contributed by atoms with van der Waals surface area (Å²) in [6.45, 7) is 7.08. The standard InChI is InChI=1S/C16H24N2O3/c1-12(2)18-7-8-20-15(10-18)11-21-16(19)9-13-3-5-14(17)6-4-13/h3-6,12,15H,7-11,17H2,1-2H3. The third-order valence-electron chi connectivity index (χ3n) is 3.66. The topological polar surface area (TPSA) is 64.8 Å². The second-order valence-corrected chi connectivity index (χ2v) is 5.68. The van der Waals surface area contributed by atoms with E-state index in [1.807, 2.05) is 12.1 Å². The van der Waals surface area contributed by atoms with Crippen molar-refractivity contribution in [1.29, 1.82) is 0 Å². The van der Waals surface area contributed by atoms with Crippen LogP contribution in [0.2, 0.25) is 0 Å². The summed E-state index contributed by atoms with van der Waals surface area (Å²) in [5.41, 5.74) is 7.21. The van der Waals surface area contributed by atoms with E-state index in [1.54, 1.807) is 12.1 Å². The van der Waals surface area contributed by atoms with Gasteiger partial charge < -0.3 is 15.2 Å². The minimum Gasteiger partial charge on any atom is -0.463 e. The molecule has 116 valence electrons. The number of hydrogen-bond acceptors (Lipinski definition) is 5. The molecule has 0 spiro atoms. The fraction of sp³-hybridized carbons (Fsp3) is 0.562. The maximum atomic E-state index is 11.8. The molecule has 1 atom stereocenters. The van der Waals surface area contributed by atoms with E-state index in [0.29, 0.717) is 24.9 Å². The van der Waals surface area contributed by atoms with Gasteiger partial charge in [-0.3, -0.25) is 9.69 Å². The third-order valence-corrected chi connectivity index (χ3v) is 3.66. The summed E-state index contributed by atoms with van der Waals surface area (Å²) >= 11 is 0. The van der Waals surface area contributed by atoms with Crippen molar-refractivity contribution in [2.24, 2.45) is 0 Å². The molecule has 5 heteroatoms. The fourth-order valence-corrected chi connectivity index (χ4v) is 2.35. The molecular formula is C16H24N2O3. The van der Waals surface area contributed by atoms with Gasteiger partial charge in [-0.05, 0) is 31.5 Å². The number of nitrogens with two attached hydrogens (primary N) is 1. The average Bonchev–Trinajstić information content (AvgIpc) is 2.48. The molecule has 1 unspecified atom stereocenters. The van der Waals surface area contributed by atoms with Gasteiger partial charge in [0.15, 0.2) is 0 Å². The van der Waals surface area contributed by atoms with Gasteiger partial charge in [0.2, 0.25) is 0 Å². The van der Waals surface area contributed by atoms with Gasteiger partial charge >= 0.3 is 5.97 Å². The van der Waals surface area contributed by atoms with Crippen LogP contribution in [0, 0.1) is 0 Å². The Morgan fingerprint density at radius 1 is 1.43 bits per heavy atom. The molecule has 0 saturated carbocycles. The first-order chi connectivity index (χ1) is 10.0. The summed E-state index contributed by atoms with van der Waals surface area (Å²) in [5.74, 6) is -0.231. The minimum atomic E-state index is -0.231. The number of carbonyl (C=O) groups is 1. The summed E-state index contributed by atoms with van der Waals surface area (Å²) in [4.78, 5) is 14.2. The van der Waals surface area contributed by atoms with Gasteiger partial charge in [-0.2, -0.15) is 0 Å². The van der Waals surface area contributed by atoms with Crippen LogP contribution in [0.1, 0.15) is 19.4 Å². The lowest BCUT2D eigenvalue weighted by Gasteiger charge is -2.35. The molecule has 1 saturated heterocycles. The van der Waals surface area contributed by atoms with E-state index >= 15 is 0 Å². The zero-order valence-corrected chi connectivity index (χ0v) is 12.7. The molecule has 21 heavy (non-hydrogen) atoms. The number of carbonyl (C=O) groups excluding carboxylic acids is 1. The lowest BCUT2D eigenvalue weighted by molar-refractivity contribution is -0.150. The molecule has 5 nitrogen and oxygen atoms in total. The van der Waals surface area contributed by atoms with Gasteiger partial charge in [-0.15, -0.1) is 0 Å². The highest BCUT2D eigenvalue weighted by molar-refractivity contribution is 5.72. The molecule has 1 aromatic rings. The van der Waals surface area contributed by atoms with E-state index in [2.05, 4.69) is 18.7 Å². The Bertz CT molecular complexity index is 459. The summed E-state index contributed by atoms with van der Waals surface area (Å²) in [5, 5.41) is 0. The van der Waals surface area contributed by atoms with Crippen LogP contribution in [0.15, 0.2) is 24.3 Å². The monoisotopic (exact) mass is 292 g/mol. The highest BCUT2D eigenvalue weighted by atomic mass is 16.6. The molecule has 1 aliphatic heterocycles. The van der Waals surface area contributed by atoms with Crippen molar-refractivity contribution in [2.75, 3.05) is 32.0 Å². The molecule has 1 fully saturated rings. The van der Waals surface area contributed by atoms with Crippen molar-refractivity contribution in [3.8, 4) is 0 Å². The van der Waals surface area contributed by atoms with Crippen LogP contribution in [0.25, 0.3) is 0 Å². The number of anilines is 1. The lowest BCUT2D eigenvalue weighted by Crippen LogP contribution is -2.47. The van der Waals surface area contributed by atoms with E-state index < -0.39 is 0 Å². The SMILES string of the molecule is CC(C)N1CCOC(COC(=O)Cc2ccc(N)cc2)C1. The van der Waals surface area contributed by atoms with E-state index in [4.69, 9.17) is 15.2 Å². The molecule has 0 amide bonds. The molecule has 0 bridgehead atoms. The Morgan fingerprint density at radius 2 is 2.14 bits per heavy atom. The van der Waals surface area contributed by atoms with Crippen LogP contribution in [0.4, 0.5) is 5.69 Å². The van der Waals surface area contributed by atoms with E-state index in [9.17, 15) is 4.79 Å². The number of hydrogen-bond donors (Lipinski definition) is 1. The van der Waals surface area contributed by atoms with Gasteiger partial charge in [0.05, 0.1) is 13.0 Å². The minimum absolute atomic E-state index is 0.0310. The smallest absolute Gasteiger partial charge is 0.310 e. The van der Waals surface area contributed by atoms with Crippen LogP contribution in [-0.4, -0.2) is 49.3 Å². The Morgan fingerprint density at radius 3 is 2.81 bits per heavy atom. The summed E-state index contributed by atoms with van der Waals surface area (Å²) < 4.78 is 11.0. The van der Waals surface area contributed by atoms with Crippen molar-refractivity contribution >= 4 is 11.7 Å². The molecule has 0 radical (unpaired) electrons.